The first kappa shape index (κ1) is 18.0. The highest BCUT2D eigenvalue weighted by molar-refractivity contribution is 5.76. The maximum Gasteiger partial charge on any atom is 0.253 e. The van der Waals surface area contributed by atoms with Crippen molar-refractivity contribution in [2.75, 3.05) is 13.1 Å². The Kier molecular flexibility index (Phi) is 5.70. The molecule has 2 fully saturated rings. The number of carbonyl (C=O) groups excluding carboxylic acids is 1. The Morgan fingerprint density at radius 1 is 1.11 bits per heavy atom. The predicted octanol–water partition coefficient (Wildman–Crippen LogP) is 3.93. The third-order valence-electron chi connectivity index (χ3n) is 5.65. The maximum atomic E-state index is 12.6. The molecule has 1 aliphatic carbocycles. The average molecular weight is 369 g/mol. The summed E-state index contributed by atoms with van der Waals surface area (Å²) < 4.78 is 11.5. The molecule has 2 heterocycles. The Bertz CT molecular complexity index is 740. The molecule has 1 atom stereocenters. The van der Waals surface area contributed by atoms with Gasteiger partial charge in [0, 0.05) is 19.5 Å². The van der Waals surface area contributed by atoms with Crippen molar-refractivity contribution < 1.29 is 13.9 Å². The van der Waals surface area contributed by atoms with E-state index in [1.807, 2.05) is 35.2 Å². The van der Waals surface area contributed by atoms with Crippen LogP contribution in [0.2, 0.25) is 0 Å². The van der Waals surface area contributed by atoms with Gasteiger partial charge < -0.3 is 14.1 Å². The second-order valence-corrected chi connectivity index (χ2v) is 7.67. The number of likely N-dealkylation sites (tertiary alicyclic amines) is 1. The monoisotopic (exact) mass is 369 g/mol. The van der Waals surface area contributed by atoms with Crippen LogP contribution in [0.25, 0.3) is 0 Å². The Morgan fingerprint density at radius 3 is 2.74 bits per heavy atom. The quantitative estimate of drug-likeness (QED) is 0.771. The normalized spacial score (nSPS) is 20.7. The highest BCUT2D eigenvalue weighted by Crippen LogP contribution is 2.30. The van der Waals surface area contributed by atoms with Crippen LogP contribution in [0.5, 0.6) is 5.75 Å². The fourth-order valence-corrected chi connectivity index (χ4v) is 4.15. The summed E-state index contributed by atoms with van der Waals surface area (Å²) in [6, 6.07) is 9.58. The van der Waals surface area contributed by atoms with Crippen LogP contribution in [0.15, 0.2) is 34.7 Å². The summed E-state index contributed by atoms with van der Waals surface area (Å²) in [4.78, 5) is 14.6. The molecule has 1 unspecified atom stereocenters. The lowest BCUT2D eigenvalue weighted by molar-refractivity contribution is -0.133. The fourth-order valence-electron chi connectivity index (χ4n) is 4.15. The molecule has 0 N–H and O–H groups in total. The van der Waals surface area contributed by atoms with E-state index < -0.39 is 0 Å². The number of piperidine rings is 1. The van der Waals surface area contributed by atoms with Crippen LogP contribution in [0.4, 0.5) is 0 Å². The van der Waals surface area contributed by atoms with Gasteiger partial charge in [-0.2, -0.15) is 0 Å². The highest BCUT2D eigenvalue weighted by atomic mass is 16.5. The zero-order valence-electron chi connectivity index (χ0n) is 15.7. The number of nitrogens with zero attached hydrogens (tertiary/aromatic N) is 3. The number of aromatic nitrogens is 2. The van der Waals surface area contributed by atoms with Crippen LogP contribution in [0, 0.1) is 5.92 Å². The first-order valence-corrected chi connectivity index (χ1v) is 10.1. The van der Waals surface area contributed by atoms with Gasteiger partial charge in [0.1, 0.15) is 5.75 Å². The van der Waals surface area contributed by atoms with Gasteiger partial charge in [-0.05, 0) is 43.7 Å². The number of amides is 1. The van der Waals surface area contributed by atoms with Crippen molar-refractivity contribution in [1.29, 1.82) is 0 Å². The topological polar surface area (TPSA) is 68.5 Å². The smallest absolute Gasteiger partial charge is 0.253 e. The van der Waals surface area contributed by atoms with Crippen LogP contribution >= 0.6 is 0 Å². The second kappa shape index (κ2) is 8.55. The molecule has 1 aromatic heterocycles. The van der Waals surface area contributed by atoms with E-state index in [0.29, 0.717) is 36.6 Å². The third-order valence-corrected chi connectivity index (χ3v) is 5.65. The molecular weight excluding hydrogens is 342 g/mol. The molecule has 144 valence electrons. The van der Waals surface area contributed by atoms with Crippen molar-refractivity contribution >= 4 is 5.91 Å². The Balaban J connectivity index is 1.31. The van der Waals surface area contributed by atoms with Crippen LogP contribution in [0.3, 0.4) is 0 Å². The summed E-state index contributed by atoms with van der Waals surface area (Å²) >= 11 is 0. The molecule has 2 aliphatic rings. The van der Waals surface area contributed by atoms with E-state index in [2.05, 4.69) is 10.2 Å². The number of hydrogen-bond donors (Lipinski definition) is 0. The summed E-state index contributed by atoms with van der Waals surface area (Å²) in [5, 5.41) is 8.33. The van der Waals surface area contributed by atoms with E-state index in [1.165, 1.54) is 25.7 Å². The molecule has 1 saturated carbocycles. The third kappa shape index (κ3) is 4.67. The first-order chi connectivity index (χ1) is 13.3. The predicted molar refractivity (Wildman–Crippen MR) is 100 cm³/mol. The van der Waals surface area contributed by atoms with E-state index in [1.54, 1.807) is 0 Å². The minimum atomic E-state index is 0.129. The fraction of sp³-hybridized carbons (Fsp3) is 0.571. The van der Waals surface area contributed by atoms with E-state index in [4.69, 9.17) is 9.15 Å². The number of ether oxygens (including phenoxy) is 1. The van der Waals surface area contributed by atoms with Crippen molar-refractivity contribution in [2.45, 2.75) is 57.5 Å². The largest absolute Gasteiger partial charge is 0.484 e. The van der Waals surface area contributed by atoms with E-state index in [9.17, 15) is 4.79 Å². The zero-order chi connectivity index (χ0) is 18.5. The molecule has 1 aliphatic heterocycles. The first-order valence-electron chi connectivity index (χ1n) is 10.1. The van der Waals surface area contributed by atoms with Crippen LogP contribution < -0.4 is 4.74 Å². The zero-order valence-corrected chi connectivity index (χ0v) is 15.7. The second-order valence-electron chi connectivity index (χ2n) is 7.67. The van der Waals surface area contributed by atoms with Gasteiger partial charge >= 0.3 is 0 Å². The van der Waals surface area contributed by atoms with Crippen molar-refractivity contribution in [2.24, 2.45) is 5.92 Å². The van der Waals surface area contributed by atoms with Gasteiger partial charge in [-0.25, -0.2) is 0 Å². The van der Waals surface area contributed by atoms with Crippen molar-refractivity contribution in [3.05, 3.63) is 42.1 Å². The van der Waals surface area contributed by atoms with Gasteiger partial charge in [0.25, 0.3) is 5.89 Å². The van der Waals surface area contributed by atoms with E-state index in [-0.39, 0.29) is 12.5 Å². The summed E-state index contributed by atoms with van der Waals surface area (Å²) in [7, 11) is 0. The molecule has 0 spiro atoms. The lowest BCUT2D eigenvalue weighted by Crippen LogP contribution is -2.39. The molecule has 0 radical (unpaired) electrons. The average Bonchev–Trinajstić information content (AvgIpc) is 3.39. The number of para-hydroxylation sites is 1. The van der Waals surface area contributed by atoms with Crippen molar-refractivity contribution in [1.82, 2.24) is 15.1 Å². The van der Waals surface area contributed by atoms with Gasteiger partial charge in [-0.1, -0.05) is 31.0 Å². The van der Waals surface area contributed by atoms with Crippen LogP contribution in [-0.4, -0.2) is 34.1 Å². The standard InChI is InChI=1S/C21H27N3O3/c25-20(13-16-7-4-5-8-16)24-12-6-9-17(14-24)21-23-22-19(27-21)15-26-18-10-2-1-3-11-18/h1-3,10-11,16-17H,4-9,12-15H2. The molecule has 27 heavy (non-hydrogen) atoms. The minimum absolute atomic E-state index is 0.129. The van der Waals surface area contributed by atoms with Crippen LogP contribution in [0.1, 0.15) is 62.6 Å². The molecule has 6 heteroatoms. The SMILES string of the molecule is O=C(CC1CCCC1)N1CCCC(c2nnc(COc3ccccc3)o2)C1. The van der Waals surface area contributed by atoms with Crippen molar-refractivity contribution in [3.8, 4) is 5.75 Å². The number of carbonyl (C=O) groups is 1. The van der Waals surface area contributed by atoms with Crippen molar-refractivity contribution in [3.63, 3.8) is 0 Å². The molecule has 1 saturated heterocycles. The summed E-state index contributed by atoms with van der Waals surface area (Å²) in [5.41, 5.74) is 0. The summed E-state index contributed by atoms with van der Waals surface area (Å²) in [6.45, 7) is 1.79. The van der Waals surface area contributed by atoms with Crippen LogP contribution in [-0.2, 0) is 11.4 Å². The molecule has 6 nitrogen and oxygen atoms in total. The van der Waals surface area contributed by atoms with Gasteiger partial charge in [0.05, 0.1) is 5.92 Å². The molecular formula is C21H27N3O3. The Labute approximate surface area is 159 Å². The maximum absolute atomic E-state index is 12.6. The number of benzene rings is 1. The molecule has 1 amide bonds. The Morgan fingerprint density at radius 2 is 1.93 bits per heavy atom. The molecule has 4 rings (SSSR count). The van der Waals surface area contributed by atoms with Gasteiger partial charge in [-0.15, -0.1) is 10.2 Å². The summed E-state index contributed by atoms with van der Waals surface area (Å²) in [6.07, 6.45) is 7.63. The Hall–Kier alpha value is -2.37. The molecule has 1 aromatic carbocycles. The summed E-state index contributed by atoms with van der Waals surface area (Å²) in [5.74, 6) is 2.88. The van der Waals surface area contributed by atoms with E-state index in [0.717, 1.165) is 25.1 Å². The molecule has 0 bridgehead atoms. The molecule has 2 aromatic rings. The number of rotatable bonds is 6. The van der Waals surface area contributed by atoms with Gasteiger partial charge in [0.2, 0.25) is 11.8 Å². The lowest BCUT2D eigenvalue weighted by atomic mass is 9.96. The lowest BCUT2D eigenvalue weighted by Gasteiger charge is -2.31. The van der Waals surface area contributed by atoms with E-state index >= 15 is 0 Å². The van der Waals surface area contributed by atoms with Gasteiger partial charge in [-0.3, -0.25) is 4.79 Å². The van der Waals surface area contributed by atoms with Gasteiger partial charge in [0.15, 0.2) is 6.61 Å². The number of hydrogen-bond acceptors (Lipinski definition) is 5. The highest BCUT2D eigenvalue weighted by Gasteiger charge is 2.30. The minimum Gasteiger partial charge on any atom is -0.484 e.